The zero-order valence-electron chi connectivity index (χ0n) is 15.7. The average molecular weight is 461 g/mol. The lowest BCUT2D eigenvalue weighted by Gasteiger charge is -2.22. The molecule has 0 aromatic heterocycles. The summed E-state index contributed by atoms with van der Waals surface area (Å²) < 4.78 is 10.7. The van der Waals surface area contributed by atoms with E-state index in [1.807, 2.05) is 0 Å². The van der Waals surface area contributed by atoms with Gasteiger partial charge in [-0.25, -0.2) is 4.99 Å². The summed E-state index contributed by atoms with van der Waals surface area (Å²) in [6, 6.07) is 8.44. The normalized spacial score (nSPS) is 17.5. The van der Waals surface area contributed by atoms with Crippen LogP contribution < -0.4 is 5.32 Å². The van der Waals surface area contributed by atoms with Crippen molar-refractivity contribution >= 4 is 29.9 Å². The van der Waals surface area contributed by atoms with Gasteiger partial charge in [0.2, 0.25) is 0 Å². The van der Waals surface area contributed by atoms with Crippen molar-refractivity contribution in [1.29, 1.82) is 0 Å². The zero-order chi connectivity index (χ0) is 17.2. The molecular weight excluding hydrogens is 429 g/mol. The summed E-state index contributed by atoms with van der Waals surface area (Å²) in [5, 5.41) is 3.43. The predicted octanol–water partition coefficient (Wildman–Crippen LogP) is 3.06. The summed E-state index contributed by atoms with van der Waals surface area (Å²) in [6.45, 7) is 10.1. The number of hydrogen-bond donors (Lipinski definition) is 1. The predicted molar refractivity (Wildman–Crippen MR) is 114 cm³/mol. The first-order valence-corrected chi connectivity index (χ1v) is 8.89. The summed E-state index contributed by atoms with van der Waals surface area (Å²) in [4.78, 5) is 7.19. The Morgan fingerprint density at radius 1 is 1.32 bits per heavy atom. The maximum atomic E-state index is 5.68. The first kappa shape index (κ1) is 22.2. The third kappa shape index (κ3) is 7.50. The van der Waals surface area contributed by atoms with E-state index >= 15 is 0 Å². The summed E-state index contributed by atoms with van der Waals surface area (Å²) in [5.74, 6) is 1.59. The highest BCUT2D eigenvalue weighted by Gasteiger charge is 2.24. The maximum absolute atomic E-state index is 5.68. The molecule has 142 valence electrons. The number of benzene rings is 1. The van der Waals surface area contributed by atoms with Crippen LogP contribution in [0.3, 0.4) is 0 Å². The highest BCUT2D eigenvalue weighted by Crippen LogP contribution is 2.17. The van der Waals surface area contributed by atoms with Crippen molar-refractivity contribution in [2.75, 3.05) is 46.6 Å². The first-order valence-electron chi connectivity index (χ1n) is 8.89. The van der Waals surface area contributed by atoms with Crippen molar-refractivity contribution in [3.63, 3.8) is 0 Å². The number of methoxy groups -OCH3 is 1. The van der Waals surface area contributed by atoms with Gasteiger partial charge in [0.05, 0.1) is 26.4 Å². The largest absolute Gasteiger partial charge is 0.382 e. The lowest BCUT2D eigenvalue weighted by Crippen LogP contribution is -2.40. The number of nitrogens with one attached hydrogen (secondary N) is 1. The molecule has 1 aliphatic rings. The average Bonchev–Trinajstić information content (AvgIpc) is 3.05. The van der Waals surface area contributed by atoms with E-state index in [0.717, 1.165) is 45.2 Å². The minimum Gasteiger partial charge on any atom is -0.382 e. The van der Waals surface area contributed by atoms with Gasteiger partial charge in [0.15, 0.2) is 5.96 Å². The summed E-state index contributed by atoms with van der Waals surface area (Å²) in [6.07, 6.45) is 1.15. The van der Waals surface area contributed by atoms with Gasteiger partial charge in [0, 0.05) is 32.7 Å². The third-order valence-corrected chi connectivity index (χ3v) is 4.37. The number of hydrogen-bond acceptors (Lipinski definition) is 3. The van der Waals surface area contributed by atoms with E-state index in [2.05, 4.69) is 48.3 Å². The van der Waals surface area contributed by atoms with E-state index < -0.39 is 0 Å². The second kappa shape index (κ2) is 12.5. The van der Waals surface area contributed by atoms with Gasteiger partial charge in [-0.05, 0) is 31.4 Å². The second-order valence-electron chi connectivity index (χ2n) is 6.27. The van der Waals surface area contributed by atoms with Crippen molar-refractivity contribution in [3.05, 3.63) is 35.4 Å². The van der Waals surface area contributed by atoms with Gasteiger partial charge in [0.25, 0.3) is 0 Å². The molecule has 2 rings (SSSR count). The molecule has 1 heterocycles. The van der Waals surface area contributed by atoms with Crippen LogP contribution in [0, 0.1) is 12.8 Å². The summed E-state index contributed by atoms with van der Waals surface area (Å²) in [7, 11) is 1.70. The molecule has 5 nitrogen and oxygen atoms in total. The molecule has 0 saturated carbocycles. The van der Waals surface area contributed by atoms with Crippen LogP contribution in [-0.2, 0) is 16.0 Å². The van der Waals surface area contributed by atoms with Gasteiger partial charge in [-0.1, -0.05) is 24.3 Å². The third-order valence-electron chi connectivity index (χ3n) is 4.37. The number of likely N-dealkylation sites (tertiary alicyclic amines) is 1. The smallest absolute Gasteiger partial charge is 0.194 e. The number of rotatable bonds is 8. The number of aliphatic imine (C=N–C) groups is 1. The van der Waals surface area contributed by atoms with E-state index in [0.29, 0.717) is 19.1 Å². The highest BCUT2D eigenvalue weighted by molar-refractivity contribution is 14.0. The monoisotopic (exact) mass is 461 g/mol. The molecule has 0 aliphatic carbocycles. The first-order chi connectivity index (χ1) is 11.7. The molecular formula is C19H32IN3O2. The van der Waals surface area contributed by atoms with Gasteiger partial charge >= 0.3 is 0 Å². The fourth-order valence-electron chi connectivity index (χ4n) is 2.93. The summed E-state index contributed by atoms with van der Waals surface area (Å²) >= 11 is 0. The molecule has 1 fully saturated rings. The van der Waals surface area contributed by atoms with E-state index in [1.54, 1.807) is 7.11 Å². The van der Waals surface area contributed by atoms with Gasteiger partial charge in [-0.15, -0.1) is 24.0 Å². The molecule has 1 N–H and O–H groups in total. The molecule has 1 aromatic carbocycles. The molecule has 1 saturated heterocycles. The minimum absolute atomic E-state index is 0. The molecule has 0 bridgehead atoms. The molecule has 6 heteroatoms. The van der Waals surface area contributed by atoms with Crippen LogP contribution >= 0.6 is 24.0 Å². The van der Waals surface area contributed by atoms with Gasteiger partial charge in [-0.2, -0.15) is 0 Å². The number of aryl methyl sites for hydroxylation is 1. The number of nitrogens with zero attached hydrogens (tertiary/aromatic N) is 2. The Balaban J connectivity index is 0.00000312. The van der Waals surface area contributed by atoms with Crippen LogP contribution in [0.25, 0.3) is 0 Å². The highest BCUT2D eigenvalue weighted by atomic mass is 127. The standard InChI is InChI=1S/C19H31N3O2.HI/c1-4-20-19(21-13-18-8-6-5-7-16(18)2)22-10-9-17(14-22)15-24-12-11-23-3;/h5-8,17H,4,9-15H2,1-3H3,(H,20,21);1H. The van der Waals surface area contributed by atoms with E-state index in [1.165, 1.54) is 11.1 Å². The summed E-state index contributed by atoms with van der Waals surface area (Å²) in [5.41, 5.74) is 2.58. The molecule has 1 unspecified atom stereocenters. The van der Waals surface area contributed by atoms with E-state index in [-0.39, 0.29) is 24.0 Å². The van der Waals surface area contributed by atoms with E-state index in [4.69, 9.17) is 14.5 Å². The molecule has 1 aromatic rings. The number of guanidine groups is 1. The van der Waals surface area contributed by atoms with Gasteiger partial charge in [0.1, 0.15) is 0 Å². The fraction of sp³-hybridized carbons (Fsp3) is 0.632. The zero-order valence-corrected chi connectivity index (χ0v) is 18.0. The van der Waals surface area contributed by atoms with Crippen molar-refractivity contribution in [2.24, 2.45) is 10.9 Å². The van der Waals surface area contributed by atoms with Crippen LogP contribution in [0.4, 0.5) is 0 Å². The van der Waals surface area contributed by atoms with Crippen LogP contribution in [0.5, 0.6) is 0 Å². The Hall–Kier alpha value is -0.860. The van der Waals surface area contributed by atoms with Crippen molar-refractivity contribution in [3.8, 4) is 0 Å². The molecule has 1 aliphatic heterocycles. The number of halogens is 1. The Morgan fingerprint density at radius 2 is 2.12 bits per heavy atom. The minimum atomic E-state index is 0. The fourth-order valence-corrected chi connectivity index (χ4v) is 2.93. The lowest BCUT2D eigenvalue weighted by molar-refractivity contribution is 0.0536. The Labute approximate surface area is 169 Å². The SMILES string of the molecule is CCNC(=NCc1ccccc1C)N1CCC(COCCOC)C1.I. The Bertz CT molecular complexity index is 525. The van der Waals surface area contributed by atoms with E-state index in [9.17, 15) is 0 Å². The number of ether oxygens (including phenoxy) is 2. The van der Waals surface area contributed by atoms with Crippen molar-refractivity contribution < 1.29 is 9.47 Å². The molecule has 0 spiro atoms. The van der Waals surface area contributed by atoms with Crippen LogP contribution in [0.15, 0.2) is 29.3 Å². The Kier molecular flexibility index (Phi) is 11.1. The lowest BCUT2D eigenvalue weighted by atomic mass is 10.1. The quantitative estimate of drug-likeness (QED) is 0.280. The van der Waals surface area contributed by atoms with Crippen molar-refractivity contribution in [2.45, 2.75) is 26.8 Å². The second-order valence-corrected chi connectivity index (χ2v) is 6.27. The van der Waals surface area contributed by atoms with Gasteiger partial charge in [-0.3, -0.25) is 0 Å². The van der Waals surface area contributed by atoms with Crippen LogP contribution in [0.2, 0.25) is 0 Å². The van der Waals surface area contributed by atoms with Gasteiger partial charge < -0.3 is 19.7 Å². The van der Waals surface area contributed by atoms with Crippen LogP contribution in [0.1, 0.15) is 24.5 Å². The maximum Gasteiger partial charge on any atom is 0.194 e. The molecule has 1 atom stereocenters. The molecule has 0 amide bonds. The molecule has 0 radical (unpaired) electrons. The van der Waals surface area contributed by atoms with Crippen molar-refractivity contribution in [1.82, 2.24) is 10.2 Å². The van der Waals surface area contributed by atoms with Crippen LogP contribution in [-0.4, -0.2) is 57.4 Å². The Morgan fingerprint density at radius 3 is 2.84 bits per heavy atom. The topological polar surface area (TPSA) is 46.1 Å². The molecule has 25 heavy (non-hydrogen) atoms.